The molecule has 0 saturated carbocycles. The van der Waals surface area contributed by atoms with Crippen LogP contribution in [0.1, 0.15) is 5.69 Å². The number of rotatable bonds is 0. The van der Waals surface area contributed by atoms with Crippen LogP contribution in [-0.2, 0) is 4.79 Å². The molecule has 0 unspecified atom stereocenters. The summed E-state index contributed by atoms with van der Waals surface area (Å²) in [4.78, 5) is 11.7. The van der Waals surface area contributed by atoms with E-state index < -0.39 is 0 Å². The zero-order valence-corrected chi connectivity index (χ0v) is 5.67. The fourth-order valence-corrected chi connectivity index (χ4v) is 0.465. The predicted octanol–water partition coefficient (Wildman–Crippen LogP) is 1.34. The molecular weight excluding hydrogens is 133 g/mol. The van der Waals surface area contributed by atoms with Gasteiger partial charge in [-0.05, 0) is 19.1 Å². The van der Waals surface area contributed by atoms with E-state index in [4.69, 9.17) is 4.79 Å². The maximum Gasteiger partial charge on any atom is 0.144 e. The summed E-state index contributed by atoms with van der Waals surface area (Å²) < 4.78 is 12.3. The average molecular weight is 141 g/mol. The van der Waals surface area contributed by atoms with Crippen molar-refractivity contribution in [1.29, 1.82) is 0 Å². The van der Waals surface area contributed by atoms with Crippen molar-refractivity contribution in [3.63, 3.8) is 0 Å². The average Bonchev–Trinajstić information content (AvgIpc) is 2.00. The Morgan fingerprint density at radius 1 is 1.60 bits per heavy atom. The van der Waals surface area contributed by atoms with Crippen LogP contribution < -0.4 is 0 Å². The van der Waals surface area contributed by atoms with Gasteiger partial charge in [-0.15, -0.1) is 0 Å². The lowest BCUT2D eigenvalue weighted by molar-refractivity contribution is -0.0979. The number of aryl methyl sites for hydroxylation is 1. The molecule has 0 aliphatic rings. The maximum absolute atomic E-state index is 12.3. The number of aromatic nitrogens is 1. The molecule has 10 heavy (non-hydrogen) atoms. The van der Waals surface area contributed by atoms with Crippen LogP contribution in [0.2, 0.25) is 0 Å². The van der Waals surface area contributed by atoms with Gasteiger partial charge < -0.3 is 4.79 Å². The highest BCUT2D eigenvalue weighted by atomic mass is 19.1. The summed E-state index contributed by atoms with van der Waals surface area (Å²) in [6.45, 7) is 3.63. The lowest BCUT2D eigenvalue weighted by Gasteiger charge is -1.88. The minimum atomic E-state index is -0.243. The number of halogens is 1. The van der Waals surface area contributed by atoms with Crippen molar-refractivity contribution in [3.8, 4) is 0 Å². The van der Waals surface area contributed by atoms with Gasteiger partial charge in [0.05, 0.1) is 5.69 Å². The second kappa shape index (κ2) is 4.61. The number of carbonyl (C=O) groups excluding carboxylic acids is 1. The zero-order chi connectivity index (χ0) is 7.98. The van der Waals surface area contributed by atoms with Crippen molar-refractivity contribution in [3.05, 3.63) is 29.8 Å². The number of hydrogen-bond acceptors (Lipinski definition) is 2. The quantitative estimate of drug-likeness (QED) is 0.545. The summed E-state index contributed by atoms with van der Waals surface area (Å²) in [5.74, 6) is -0.243. The third kappa shape index (κ3) is 2.35. The zero-order valence-electron chi connectivity index (χ0n) is 5.67. The molecule has 1 aromatic heterocycles. The Morgan fingerprint density at radius 2 is 2.20 bits per heavy atom. The van der Waals surface area contributed by atoms with Gasteiger partial charge >= 0.3 is 0 Å². The first-order valence-electron chi connectivity index (χ1n) is 2.66. The SMILES string of the molecule is C=O.Cc1ncccc1F. The van der Waals surface area contributed by atoms with Crippen molar-refractivity contribution in [2.24, 2.45) is 0 Å². The summed E-state index contributed by atoms with van der Waals surface area (Å²) in [6, 6.07) is 2.96. The van der Waals surface area contributed by atoms with E-state index in [1.165, 1.54) is 6.07 Å². The van der Waals surface area contributed by atoms with Crippen molar-refractivity contribution >= 4 is 6.79 Å². The highest BCUT2D eigenvalue weighted by Gasteiger charge is 1.90. The summed E-state index contributed by atoms with van der Waals surface area (Å²) in [7, 11) is 0. The molecule has 0 atom stereocenters. The molecule has 1 aromatic rings. The van der Waals surface area contributed by atoms with Crippen LogP contribution in [0.3, 0.4) is 0 Å². The number of nitrogens with zero attached hydrogens (tertiary/aromatic N) is 1. The first-order valence-corrected chi connectivity index (χ1v) is 2.66. The van der Waals surface area contributed by atoms with Crippen molar-refractivity contribution in [2.75, 3.05) is 0 Å². The van der Waals surface area contributed by atoms with E-state index in [0.29, 0.717) is 5.69 Å². The molecule has 0 spiro atoms. The lowest BCUT2D eigenvalue weighted by atomic mass is 10.4. The molecule has 0 bridgehead atoms. The molecule has 1 heterocycles. The molecule has 0 aromatic carbocycles. The van der Waals surface area contributed by atoms with Gasteiger partial charge in [0.15, 0.2) is 0 Å². The van der Waals surface area contributed by atoms with E-state index >= 15 is 0 Å². The van der Waals surface area contributed by atoms with E-state index in [-0.39, 0.29) is 5.82 Å². The van der Waals surface area contributed by atoms with E-state index in [9.17, 15) is 4.39 Å². The van der Waals surface area contributed by atoms with Crippen LogP contribution in [0.4, 0.5) is 4.39 Å². The van der Waals surface area contributed by atoms with E-state index in [1.54, 1.807) is 19.2 Å². The minimum absolute atomic E-state index is 0.243. The Balaban J connectivity index is 0.000000371. The highest BCUT2D eigenvalue weighted by molar-refractivity contribution is 5.11. The first-order chi connectivity index (χ1) is 4.80. The Labute approximate surface area is 58.7 Å². The van der Waals surface area contributed by atoms with Gasteiger partial charge in [-0.2, -0.15) is 0 Å². The maximum atomic E-state index is 12.3. The number of hydrogen-bond donors (Lipinski definition) is 0. The van der Waals surface area contributed by atoms with Gasteiger partial charge in [-0.25, -0.2) is 4.39 Å². The van der Waals surface area contributed by atoms with E-state index in [0.717, 1.165) is 0 Å². The summed E-state index contributed by atoms with van der Waals surface area (Å²) in [5.41, 5.74) is 0.451. The first kappa shape index (κ1) is 8.75. The van der Waals surface area contributed by atoms with Crippen molar-refractivity contribution in [2.45, 2.75) is 6.92 Å². The largest absolute Gasteiger partial charge is 0.307 e. The van der Waals surface area contributed by atoms with Crippen LogP contribution in [-0.4, -0.2) is 11.8 Å². The fraction of sp³-hybridized carbons (Fsp3) is 0.143. The van der Waals surface area contributed by atoms with Gasteiger partial charge in [0.1, 0.15) is 12.6 Å². The van der Waals surface area contributed by atoms with E-state index in [2.05, 4.69) is 4.98 Å². The second-order valence-electron chi connectivity index (χ2n) is 1.57. The molecule has 0 fully saturated rings. The fourth-order valence-electron chi connectivity index (χ4n) is 0.465. The van der Waals surface area contributed by atoms with Gasteiger partial charge in [0.2, 0.25) is 0 Å². The Hall–Kier alpha value is -1.25. The molecule has 0 saturated heterocycles. The Morgan fingerprint density at radius 3 is 2.50 bits per heavy atom. The highest BCUT2D eigenvalue weighted by Crippen LogP contribution is 1.97. The third-order valence-corrected chi connectivity index (χ3v) is 0.942. The molecule has 2 nitrogen and oxygen atoms in total. The molecule has 0 amide bonds. The van der Waals surface area contributed by atoms with Crippen LogP contribution in [0, 0.1) is 12.7 Å². The molecule has 1 rings (SSSR count). The minimum Gasteiger partial charge on any atom is -0.307 e. The topological polar surface area (TPSA) is 30.0 Å². The summed E-state index contributed by atoms with van der Waals surface area (Å²) in [5, 5.41) is 0. The summed E-state index contributed by atoms with van der Waals surface area (Å²) >= 11 is 0. The molecule has 0 N–H and O–H groups in total. The normalized spacial score (nSPS) is 7.80. The molecular formula is C7H8FNO. The van der Waals surface area contributed by atoms with Gasteiger partial charge in [-0.3, -0.25) is 4.98 Å². The third-order valence-electron chi connectivity index (χ3n) is 0.942. The number of pyridine rings is 1. The van der Waals surface area contributed by atoms with Gasteiger partial charge in [0.25, 0.3) is 0 Å². The smallest absolute Gasteiger partial charge is 0.144 e. The predicted molar refractivity (Wildman–Crippen MR) is 36.1 cm³/mol. The molecule has 54 valence electrons. The molecule has 0 aliphatic heterocycles. The van der Waals surface area contributed by atoms with Crippen LogP contribution >= 0.6 is 0 Å². The van der Waals surface area contributed by atoms with Gasteiger partial charge in [-0.1, -0.05) is 0 Å². The monoisotopic (exact) mass is 141 g/mol. The van der Waals surface area contributed by atoms with Crippen LogP contribution in [0.15, 0.2) is 18.3 Å². The van der Waals surface area contributed by atoms with Crippen LogP contribution in [0.25, 0.3) is 0 Å². The lowest BCUT2D eigenvalue weighted by Crippen LogP contribution is -1.82. The van der Waals surface area contributed by atoms with Crippen molar-refractivity contribution < 1.29 is 9.18 Å². The van der Waals surface area contributed by atoms with E-state index in [1.807, 2.05) is 6.79 Å². The van der Waals surface area contributed by atoms with Gasteiger partial charge in [0, 0.05) is 6.20 Å². The Bertz CT molecular complexity index is 182. The molecule has 0 aliphatic carbocycles. The second-order valence-corrected chi connectivity index (χ2v) is 1.57. The number of carbonyl (C=O) groups is 1. The van der Waals surface area contributed by atoms with Crippen molar-refractivity contribution in [1.82, 2.24) is 4.98 Å². The Kier molecular flexibility index (Phi) is 4.04. The molecule has 0 radical (unpaired) electrons. The molecule has 3 heteroatoms. The van der Waals surface area contributed by atoms with Crippen LogP contribution in [0.5, 0.6) is 0 Å². The summed E-state index contributed by atoms with van der Waals surface area (Å²) in [6.07, 6.45) is 1.57. The standard InChI is InChI=1S/C6H6FN.CH2O/c1-5-6(7)3-2-4-8-5;1-2/h2-4H,1H3;1H2.